The van der Waals surface area contributed by atoms with Gasteiger partial charge in [-0.2, -0.15) is 0 Å². The molecule has 0 aromatic heterocycles. The largest absolute Gasteiger partial charge is 0.383 e. The zero-order valence-corrected chi connectivity index (χ0v) is 14.1. The number of hydrogen-bond acceptors (Lipinski definition) is 5. The Kier molecular flexibility index (Phi) is 4.19. The predicted octanol–water partition coefficient (Wildman–Crippen LogP) is 0.995. The highest BCUT2D eigenvalue weighted by atomic mass is 32.2. The van der Waals surface area contributed by atoms with E-state index >= 15 is 0 Å². The lowest BCUT2D eigenvalue weighted by Crippen LogP contribution is -2.35. The van der Waals surface area contributed by atoms with Crippen molar-refractivity contribution in [2.45, 2.75) is 28.4 Å². The number of methoxy groups -OCH3 is 1. The van der Waals surface area contributed by atoms with Gasteiger partial charge >= 0.3 is 0 Å². The summed E-state index contributed by atoms with van der Waals surface area (Å²) in [6.45, 7) is 3.21. The molecular formula is C14H18N2O4S2. The minimum atomic E-state index is -3.64. The van der Waals surface area contributed by atoms with Crippen LogP contribution < -0.4 is 9.62 Å². The average molecular weight is 342 g/mol. The number of anilines is 1. The van der Waals surface area contributed by atoms with Crippen molar-refractivity contribution in [1.29, 1.82) is 0 Å². The Labute approximate surface area is 134 Å². The van der Waals surface area contributed by atoms with Crippen LogP contribution in [0.5, 0.6) is 0 Å². The summed E-state index contributed by atoms with van der Waals surface area (Å²) in [6, 6.07) is 3.40. The third kappa shape index (κ3) is 2.64. The minimum Gasteiger partial charge on any atom is -0.383 e. The van der Waals surface area contributed by atoms with Crippen molar-refractivity contribution in [3.8, 4) is 0 Å². The highest BCUT2D eigenvalue weighted by Crippen LogP contribution is 2.46. The lowest BCUT2D eigenvalue weighted by Gasteiger charge is -2.29. The van der Waals surface area contributed by atoms with Crippen LogP contribution in [0.25, 0.3) is 0 Å². The van der Waals surface area contributed by atoms with Crippen molar-refractivity contribution >= 4 is 33.4 Å². The molecule has 0 fully saturated rings. The first-order chi connectivity index (χ1) is 10.4. The highest BCUT2D eigenvalue weighted by Gasteiger charge is 2.38. The Hall–Kier alpha value is -1.09. The van der Waals surface area contributed by atoms with Gasteiger partial charge in [-0.3, -0.25) is 4.79 Å². The molecule has 120 valence electrons. The fourth-order valence-electron chi connectivity index (χ4n) is 2.84. The molecule has 2 aliphatic heterocycles. The maximum absolute atomic E-state index is 12.5. The summed E-state index contributed by atoms with van der Waals surface area (Å²) in [4.78, 5) is 15.1. The van der Waals surface area contributed by atoms with Crippen LogP contribution in [-0.4, -0.2) is 46.4 Å². The molecule has 0 saturated carbocycles. The van der Waals surface area contributed by atoms with E-state index in [1.54, 1.807) is 28.8 Å². The summed E-state index contributed by atoms with van der Waals surface area (Å²) < 4.78 is 32.3. The van der Waals surface area contributed by atoms with Gasteiger partial charge < -0.3 is 9.64 Å². The van der Waals surface area contributed by atoms with Gasteiger partial charge in [-0.15, -0.1) is 11.8 Å². The van der Waals surface area contributed by atoms with Gasteiger partial charge in [-0.25, -0.2) is 13.1 Å². The third-order valence-electron chi connectivity index (χ3n) is 3.76. The van der Waals surface area contributed by atoms with E-state index in [9.17, 15) is 13.2 Å². The zero-order chi connectivity index (χ0) is 15.9. The number of thioether (sulfide) groups is 1. The second-order valence-electron chi connectivity index (χ2n) is 5.39. The first-order valence-electron chi connectivity index (χ1n) is 7.05. The number of nitrogens with one attached hydrogen (secondary N) is 1. The van der Waals surface area contributed by atoms with E-state index in [1.165, 1.54) is 7.11 Å². The summed E-state index contributed by atoms with van der Waals surface area (Å²) in [6.07, 6.45) is 0.150. The minimum absolute atomic E-state index is 0.0251. The van der Waals surface area contributed by atoms with E-state index in [0.717, 1.165) is 10.6 Å². The molecule has 22 heavy (non-hydrogen) atoms. The molecule has 2 aliphatic rings. The molecule has 6 nitrogen and oxygen atoms in total. The monoisotopic (exact) mass is 342 g/mol. The molecule has 0 bridgehead atoms. The summed E-state index contributed by atoms with van der Waals surface area (Å²) in [7, 11) is -2.12. The number of rotatable bonds is 5. The van der Waals surface area contributed by atoms with E-state index in [2.05, 4.69) is 11.6 Å². The molecule has 1 atom stereocenters. The molecule has 3 rings (SSSR count). The van der Waals surface area contributed by atoms with E-state index in [4.69, 9.17) is 4.74 Å². The number of benzene rings is 1. The van der Waals surface area contributed by atoms with Crippen LogP contribution in [0.1, 0.15) is 12.5 Å². The molecule has 1 unspecified atom stereocenters. The Bertz CT molecular complexity index is 718. The zero-order valence-electron chi connectivity index (χ0n) is 12.5. The standard InChI is InChI=1S/C14H18N2O4S2/c1-9-8-16-13(17)7-10-12(4-3-11(21-9)14(10)16)22(18,19)15-5-6-20-2/h3-4,9,15H,5-8H2,1-2H3. The first-order valence-corrected chi connectivity index (χ1v) is 9.42. The van der Waals surface area contributed by atoms with Crippen LogP contribution in [0.2, 0.25) is 0 Å². The normalized spacial score (nSPS) is 20.4. The quantitative estimate of drug-likeness (QED) is 0.808. The number of sulfonamides is 1. The molecule has 0 saturated heterocycles. The number of hydrogen-bond donors (Lipinski definition) is 1. The van der Waals surface area contributed by atoms with Crippen LogP contribution in [0.15, 0.2) is 21.9 Å². The topological polar surface area (TPSA) is 75.7 Å². The van der Waals surface area contributed by atoms with Crippen LogP contribution in [0, 0.1) is 0 Å². The van der Waals surface area contributed by atoms with Gasteiger partial charge in [0.1, 0.15) is 0 Å². The van der Waals surface area contributed by atoms with Crippen molar-refractivity contribution in [3.05, 3.63) is 17.7 Å². The second kappa shape index (κ2) is 5.84. The summed E-state index contributed by atoms with van der Waals surface area (Å²) >= 11 is 1.68. The molecule has 0 spiro atoms. The smallest absolute Gasteiger partial charge is 0.241 e. The molecule has 0 radical (unpaired) electrons. The predicted molar refractivity (Wildman–Crippen MR) is 84.9 cm³/mol. The lowest BCUT2D eigenvalue weighted by atomic mass is 10.1. The molecule has 8 heteroatoms. The summed E-state index contributed by atoms with van der Waals surface area (Å²) in [5.41, 5.74) is 1.40. The molecule has 0 aliphatic carbocycles. The SMILES string of the molecule is COCCNS(=O)(=O)c1ccc2c3c1CC(=O)N3CC(C)S2. The Morgan fingerprint density at radius 3 is 2.95 bits per heavy atom. The van der Waals surface area contributed by atoms with Crippen LogP contribution >= 0.6 is 11.8 Å². The number of carbonyl (C=O) groups excluding carboxylic acids is 1. The Morgan fingerprint density at radius 1 is 1.45 bits per heavy atom. The van der Waals surface area contributed by atoms with E-state index in [0.29, 0.717) is 24.0 Å². The van der Waals surface area contributed by atoms with E-state index < -0.39 is 10.0 Å². The average Bonchev–Trinajstić information content (AvgIpc) is 2.77. The van der Waals surface area contributed by atoms with Crippen LogP contribution in [0.4, 0.5) is 5.69 Å². The van der Waals surface area contributed by atoms with Crippen LogP contribution in [0.3, 0.4) is 0 Å². The van der Waals surface area contributed by atoms with Gasteiger partial charge in [-0.05, 0) is 12.1 Å². The maximum Gasteiger partial charge on any atom is 0.241 e. The maximum atomic E-state index is 12.5. The molecule has 1 aromatic carbocycles. The second-order valence-corrected chi connectivity index (χ2v) is 8.60. The van der Waals surface area contributed by atoms with Crippen molar-refractivity contribution in [2.24, 2.45) is 0 Å². The highest BCUT2D eigenvalue weighted by molar-refractivity contribution is 8.00. The number of ether oxygens (including phenoxy) is 1. The van der Waals surface area contributed by atoms with Gasteiger partial charge in [0.05, 0.1) is 23.6 Å². The number of amides is 1. The van der Waals surface area contributed by atoms with Gasteiger partial charge in [-0.1, -0.05) is 6.92 Å². The van der Waals surface area contributed by atoms with Crippen LogP contribution in [-0.2, 0) is 26.0 Å². The van der Waals surface area contributed by atoms with Gasteiger partial charge in [0.25, 0.3) is 0 Å². The first kappa shape index (κ1) is 15.8. The number of carbonyl (C=O) groups is 1. The third-order valence-corrected chi connectivity index (χ3v) is 6.44. The molecule has 1 N–H and O–H groups in total. The van der Waals surface area contributed by atoms with Crippen molar-refractivity contribution in [3.63, 3.8) is 0 Å². The van der Waals surface area contributed by atoms with E-state index in [-0.39, 0.29) is 23.8 Å². The van der Waals surface area contributed by atoms with Gasteiger partial charge in [0, 0.05) is 35.9 Å². The molecule has 1 aromatic rings. The fraction of sp³-hybridized carbons (Fsp3) is 0.500. The van der Waals surface area contributed by atoms with Crippen molar-refractivity contribution < 1.29 is 17.9 Å². The summed E-state index contributed by atoms with van der Waals surface area (Å²) in [5.74, 6) is -0.0251. The Balaban J connectivity index is 2.02. The van der Waals surface area contributed by atoms with Crippen molar-refractivity contribution in [1.82, 2.24) is 4.72 Å². The van der Waals surface area contributed by atoms with Gasteiger partial charge in [0.2, 0.25) is 15.9 Å². The lowest BCUT2D eigenvalue weighted by molar-refractivity contribution is -0.117. The molecule has 2 heterocycles. The molecular weight excluding hydrogens is 324 g/mol. The summed E-state index contributed by atoms with van der Waals surface area (Å²) in [5, 5.41) is 0.310. The van der Waals surface area contributed by atoms with Gasteiger partial charge in [0.15, 0.2) is 0 Å². The fourth-order valence-corrected chi connectivity index (χ4v) is 5.24. The Morgan fingerprint density at radius 2 is 2.23 bits per heavy atom. The molecule has 1 amide bonds. The number of nitrogens with zero attached hydrogens (tertiary/aromatic N) is 1. The van der Waals surface area contributed by atoms with Crippen molar-refractivity contribution in [2.75, 3.05) is 31.7 Å². The van der Waals surface area contributed by atoms with E-state index in [1.807, 2.05) is 0 Å².